The maximum absolute atomic E-state index is 12.0. The van der Waals surface area contributed by atoms with Crippen LogP contribution in [0.15, 0.2) is 30.3 Å². The van der Waals surface area contributed by atoms with Crippen molar-refractivity contribution in [3.8, 4) is 0 Å². The van der Waals surface area contributed by atoms with Crippen molar-refractivity contribution in [3.63, 3.8) is 0 Å². The summed E-state index contributed by atoms with van der Waals surface area (Å²) in [6.45, 7) is 12.2. The van der Waals surface area contributed by atoms with Gasteiger partial charge in [-0.15, -0.1) is 0 Å². The first-order valence-electron chi connectivity index (χ1n) is 14.2. The van der Waals surface area contributed by atoms with E-state index in [1.54, 1.807) is 0 Å². The molecule has 0 aromatic heterocycles. The molecule has 0 heterocycles. The second-order valence-electron chi connectivity index (χ2n) is 8.19. The minimum atomic E-state index is -0.144. The molecule has 0 spiro atoms. The third-order valence-corrected chi connectivity index (χ3v) is 5.51. The predicted molar refractivity (Wildman–Crippen MR) is 145 cm³/mol. The van der Waals surface area contributed by atoms with Gasteiger partial charge >= 0.3 is 0 Å². The lowest BCUT2D eigenvalue weighted by Gasteiger charge is -2.16. The van der Waals surface area contributed by atoms with Gasteiger partial charge in [-0.2, -0.15) is 0 Å². The molecular weight excluding hydrogens is 411 g/mol. The Morgan fingerprint density at radius 2 is 1.12 bits per heavy atom. The maximum Gasteiger partial charge on any atom is 0.0894 e. The van der Waals surface area contributed by atoms with Gasteiger partial charge in [0.15, 0.2) is 0 Å². The summed E-state index contributed by atoms with van der Waals surface area (Å²) in [5, 5.41) is 0. The molecule has 3 heteroatoms. The molecule has 0 amide bonds. The fraction of sp³-hybridized carbons (Fsp3) is 0.800. The van der Waals surface area contributed by atoms with Crippen LogP contribution in [0.3, 0.4) is 0 Å². The van der Waals surface area contributed by atoms with Gasteiger partial charge in [-0.1, -0.05) is 136 Å². The van der Waals surface area contributed by atoms with Crippen LogP contribution in [0.5, 0.6) is 0 Å². The van der Waals surface area contributed by atoms with Crippen molar-refractivity contribution < 1.29 is 13.9 Å². The normalized spacial score (nSPS) is 11.2. The molecule has 0 aliphatic heterocycles. The number of halogens is 1. The van der Waals surface area contributed by atoms with Crippen LogP contribution in [0.1, 0.15) is 130 Å². The molecule has 1 aromatic rings. The highest BCUT2D eigenvalue weighted by Gasteiger charge is 2.07. The Hall–Kier alpha value is -0.930. The highest BCUT2D eigenvalue weighted by Crippen LogP contribution is 2.13. The zero-order valence-electron chi connectivity index (χ0n) is 22.9. The summed E-state index contributed by atoms with van der Waals surface area (Å²) in [5.41, 5.74) is 1.22. The van der Waals surface area contributed by atoms with E-state index in [-0.39, 0.29) is 12.8 Å². The van der Waals surface area contributed by atoms with Crippen molar-refractivity contribution in [1.82, 2.24) is 0 Å². The van der Waals surface area contributed by atoms with E-state index in [2.05, 4.69) is 31.2 Å². The van der Waals surface area contributed by atoms with Crippen LogP contribution in [-0.2, 0) is 16.1 Å². The molecular formula is C30H57FO2. The van der Waals surface area contributed by atoms with Gasteiger partial charge in [0.25, 0.3) is 0 Å². The van der Waals surface area contributed by atoms with E-state index in [1.165, 1.54) is 69.8 Å². The molecule has 0 saturated heterocycles. The molecule has 0 aliphatic rings. The molecule has 0 bridgehead atoms. The molecule has 33 heavy (non-hydrogen) atoms. The average molecular weight is 469 g/mol. The van der Waals surface area contributed by atoms with Gasteiger partial charge in [0, 0.05) is 6.61 Å². The van der Waals surface area contributed by atoms with Gasteiger partial charge in [-0.25, -0.2) is 0 Å². The topological polar surface area (TPSA) is 18.5 Å². The largest absolute Gasteiger partial charge is 0.379 e. The van der Waals surface area contributed by atoms with Gasteiger partial charge in [0.2, 0.25) is 0 Å². The van der Waals surface area contributed by atoms with E-state index < -0.39 is 0 Å². The predicted octanol–water partition coefficient (Wildman–Crippen LogP) is 10.1. The number of ether oxygens (including phenoxy) is 2. The van der Waals surface area contributed by atoms with Crippen LogP contribution in [0.4, 0.5) is 4.39 Å². The molecule has 196 valence electrons. The zero-order valence-corrected chi connectivity index (χ0v) is 22.9. The smallest absolute Gasteiger partial charge is 0.0894 e. The third-order valence-electron chi connectivity index (χ3n) is 5.51. The first kappa shape index (κ1) is 34.2. The molecule has 1 aromatic carbocycles. The van der Waals surface area contributed by atoms with Crippen molar-refractivity contribution in [2.75, 3.05) is 19.9 Å². The summed E-state index contributed by atoms with van der Waals surface area (Å²) in [7, 11) is 0. The average Bonchev–Trinajstić information content (AvgIpc) is 2.88. The van der Waals surface area contributed by atoms with E-state index >= 15 is 0 Å². The minimum absolute atomic E-state index is 0.144. The summed E-state index contributed by atoms with van der Waals surface area (Å²) in [6.07, 6.45) is 17.4. The molecule has 0 aliphatic carbocycles. The van der Waals surface area contributed by atoms with Crippen molar-refractivity contribution in [3.05, 3.63) is 35.9 Å². The van der Waals surface area contributed by atoms with Crippen molar-refractivity contribution in [2.24, 2.45) is 0 Å². The number of hydrogen-bond acceptors (Lipinski definition) is 2. The summed E-state index contributed by atoms with van der Waals surface area (Å²) in [6, 6.07) is 10.3. The van der Waals surface area contributed by atoms with Gasteiger partial charge in [0.1, 0.15) is 0 Å². The number of hydrogen-bond donors (Lipinski definition) is 0. The summed E-state index contributed by atoms with van der Waals surface area (Å²) in [4.78, 5) is 0. The second-order valence-corrected chi connectivity index (χ2v) is 8.19. The summed E-state index contributed by atoms with van der Waals surface area (Å²) in [5.74, 6) is 0. The lowest BCUT2D eigenvalue weighted by Crippen LogP contribution is -2.19. The van der Waals surface area contributed by atoms with Crippen LogP contribution in [-0.4, -0.2) is 26.0 Å². The lowest BCUT2D eigenvalue weighted by molar-refractivity contribution is -0.0269. The monoisotopic (exact) mass is 468 g/mol. The molecule has 1 unspecified atom stereocenters. The Kier molecular flexibility index (Phi) is 32.2. The summed E-state index contributed by atoms with van der Waals surface area (Å²) >= 11 is 0. The van der Waals surface area contributed by atoms with Crippen LogP contribution in [0, 0.1) is 0 Å². The van der Waals surface area contributed by atoms with Crippen molar-refractivity contribution in [1.29, 1.82) is 0 Å². The Morgan fingerprint density at radius 3 is 1.58 bits per heavy atom. The molecule has 2 nitrogen and oxygen atoms in total. The van der Waals surface area contributed by atoms with Crippen LogP contribution >= 0.6 is 0 Å². The fourth-order valence-corrected chi connectivity index (χ4v) is 3.53. The van der Waals surface area contributed by atoms with Gasteiger partial charge in [-0.3, -0.25) is 4.39 Å². The first-order valence-corrected chi connectivity index (χ1v) is 14.2. The maximum atomic E-state index is 12.0. The quantitative estimate of drug-likeness (QED) is 0.167. The first-order chi connectivity index (χ1) is 16.4. The number of rotatable bonds is 21. The molecule has 0 saturated carbocycles. The van der Waals surface area contributed by atoms with Crippen LogP contribution in [0.2, 0.25) is 0 Å². The molecule has 1 atom stereocenters. The second kappa shape index (κ2) is 31.1. The Morgan fingerprint density at radius 1 is 0.667 bits per heavy atom. The van der Waals surface area contributed by atoms with Gasteiger partial charge < -0.3 is 9.47 Å². The van der Waals surface area contributed by atoms with E-state index in [4.69, 9.17) is 9.47 Å². The number of alkyl halides is 1. The van der Waals surface area contributed by atoms with E-state index in [0.717, 1.165) is 32.3 Å². The highest BCUT2D eigenvalue weighted by molar-refractivity contribution is 5.13. The lowest BCUT2D eigenvalue weighted by atomic mass is 10.0. The Labute approximate surface area is 207 Å². The summed E-state index contributed by atoms with van der Waals surface area (Å²) < 4.78 is 23.8. The van der Waals surface area contributed by atoms with Crippen molar-refractivity contribution in [2.45, 2.75) is 137 Å². The fourth-order valence-electron chi connectivity index (χ4n) is 3.53. The SMILES string of the molecule is CC.CC.CCC(COCCCCCCCCCCCCCCCF)OCc1ccccc1. The minimum Gasteiger partial charge on any atom is -0.379 e. The Bertz CT molecular complexity index is 438. The van der Waals surface area contributed by atoms with Crippen LogP contribution < -0.4 is 0 Å². The van der Waals surface area contributed by atoms with Crippen molar-refractivity contribution >= 4 is 0 Å². The van der Waals surface area contributed by atoms with E-state index in [1.807, 2.05) is 33.8 Å². The highest BCUT2D eigenvalue weighted by atomic mass is 19.1. The molecule has 1 rings (SSSR count). The molecule has 0 radical (unpaired) electrons. The zero-order chi connectivity index (χ0) is 24.8. The van der Waals surface area contributed by atoms with E-state index in [0.29, 0.717) is 13.2 Å². The van der Waals surface area contributed by atoms with E-state index in [9.17, 15) is 4.39 Å². The standard InChI is InChI=1S/C26H45FO2.2C2H6/c1-2-26(29-23-25-19-15-14-16-20-25)24-28-22-18-13-11-9-7-5-3-4-6-8-10-12-17-21-27;2*1-2/h14-16,19-20,26H,2-13,17-18,21-24H2,1H3;2*1-2H3. The van der Waals surface area contributed by atoms with Crippen LogP contribution in [0.25, 0.3) is 0 Å². The number of unbranched alkanes of at least 4 members (excludes halogenated alkanes) is 12. The molecule has 0 fully saturated rings. The third kappa shape index (κ3) is 25.5. The van der Waals surface area contributed by atoms with Gasteiger partial charge in [0.05, 0.1) is 26.0 Å². The Balaban J connectivity index is 0. The number of benzene rings is 1. The van der Waals surface area contributed by atoms with Gasteiger partial charge in [-0.05, 0) is 24.8 Å². The molecule has 0 N–H and O–H groups in total.